The molecule has 104 valence electrons. The minimum Gasteiger partial charge on any atom is -0.335 e. The van der Waals surface area contributed by atoms with E-state index in [2.05, 4.69) is 51.7 Å². The Morgan fingerprint density at radius 2 is 2.00 bits per heavy atom. The van der Waals surface area contributed by atoms with Crippen LogP contribution < -0.4 is 5.32 Å². The van der Waals surface area contributed by atoms with E-state index in [1.165, 1.54) is 10.3 Å². The number of fused-ring (bicyclic) bond motifs is 1. The van der Waals surface area contributed by atoms with Crippen LogP contribution in [-0.2, 0) is 0 Å². The lowest BCUT2D eigenvalue weighted by molar-refractivity contribution is 0.966. The van der Waals surface area contributed by atoms with Crippen LogP contribution >= 0.6 is 23.1 Å². The quantitative estimate of drug-likeness (QED) is 0.754. The molecular formula is C16H13N3S2. The van der Waals surface area contributed by atoms with E-state index in [4.69, 9.17) is 0 Å². The number of aliphatic imine (C=N–C) groups is 1. The molecule has 2 heterocycles. The maximum atomic E-state index is 4.61. The highest BCUT2D eigenvalue weighted by Gasteiger charge is 2.21. The molecule has 0 radical (unpaired) electrons. The summed E-state index contributed by atoms with van der Waals surface area (Å²) < 4.78 is 1.20. The number of rotatable bonds is 2. The molecule has 0 saturated carbocycles. The second-order valence-corrected chi connectivity index (χ2v) is 6.90. The highest BCUT2D eigenvalue weighted by molar-refractivity contribution is 8.14. The Bertz CT molecular complexity index is 795. The second-order valence-electron chi connectivity index (χ2n) is 4.82. The van der Waals surface area contributed by atoms with Crippen molar-refractivity contribution < 1.29 is 0 Å². The third-order valence-corrected chi connectivity index (χ3v) is 5.36. The van der Waals surface area contributed by atoms with Gasteiger partial charge in [0.05, 0.1) is 27.5 Å². The van der Waals surface area contributed by atoms with Crippen LogP contribution in [0.25, 0.3) is 10.2 Å². The third-order valence-electron chi connectivity index (χ3n) is 3.41. The van der Waals surface area contributed by atoms with Crippen LogP contribution in [0.1, 0.15) is 10.8 Å². The molecule has 1 aliphatic rings. The van der Waals surface area contributed by atoms with Gasteiger partial charge in [-0.25, -0.2) is 4.98 Å². The van der Waals surface area contributed by atoms with Gasteiger partial charge in [-0.1, -0.05) is 42.1 Å². The summed E-state index contributed by atoms with van der Waals surface area (Å²) in [5.74, 6) is 0. The smallest absolute Gasteiger partial charge is 0.161 e. The third kappa shape index (κ3) is 2.66. The first-order valence-electron chi connectivity index (χ1n) is 6.75. The van der Waals surface area contributed by atoms with Gasteiger partial charge in [-0.2, -0.15) is 0 Å². The molecule has 0 saturated heterocycles. The van der Waals surface area contributed by atoms with Crippen LogP contribution in [0.2, 0.25) is 0 Å². The van der Waals surface area contributed by atoms with Crippen LogP contribution in [0.4, 0.5) is 5.69 Å². The number of thioether (sulfide) groups is 1. The fourth-order valence-corrected chi connectivity index (χ4v) is 4.10. The zero-order chi connectivity index (χ0) is 14.1. The standard InChI is InChI=1S/C16H13N3S2/c1-2-4-11(5-3-1)15-9-17-16(21-15)19-12-6-7-13-14(8-12)20-10-18-13/h1-8,10,15H,9H2,(H,17,19). The molecule has 21 heavy (non-hydrogen) atoms. The van der Waals surface area contributed by atoms with E-state index in [1.807, 2.05) is 17.6 Å². The molecule has 1 N–H and O–H groups in total. The Morgan fingerprint density at radius 3 is 2.90 bits per heavy atom. The van der Waals surface area contributed by atoms with Gasteiger partial charge in [0.1, 0.15) is 0 Å². The number of anilines is 1. The maximum Gasteiger partial charge on any atom is 0.161 e. The van der Waals surface area contributed by atoms with Crippen LogP contribution in [0, 0.1) is 0 Å². The molecule has 1 atom stereocenters. The van der Waals surface area contributed by atoms with Crippen molar-refractivity contribution in [3.8, 4) is 0 Å². The number of aromatic nitrogens is 1. The molecule has 0 spiro atoms. The van der Waals surface area contributed by atoms with Gasteiger partial charge in [-0.3, -0.25) is 4.99 Å². The lowest BCUT2D eigenvalue weighted by Gasteiger charge is -2.09. The Morgan fingerprint density at radius 1 is 1.10 bits per heavy atom. The molecule has 4 rings (SSSR count). The van der Waals surface area contributed by atoms with E-state index in [9.17, 15) is 0 Å². The van der Waals surface area contributed by atoms with Gasteiger partial charge in [0.2, 0.25) is 0 Å². The number of hydrogen-bond acceptors (Lipinski definition) is 5. The normalized spacial score (nSPS) is 17.9. The first kappa shape index (κ1) is 12.9. The molecule has 5 heteroatoms. The summed E-state index contributed by atoms with van der Waals surface area (Å²) in [6, 6.07) is 16.8. The van der Waals surface area contributed by atoms with Gasteiger partial charge >= 0.3 is 0 Å². The lowest BCUT2D eigenvalue weighted by atomic mass is 10.1. The minimum atomic E-state index is 0.417. The number of nitrogens with one attached hydrogen (secondary N) is 1. The number of amidine groups is 1. The molecule has 0 amide bonds. The van der Waals surface area contributed by atoms with Crippen LogP contribution in [0.15, 0.2) is 59.0 Å². The van der Waals surface area contributed by atoms with Crippen LogP contribution in [-0.4, -0.2) is 16.7 Å². The molecule has 0 bridgehead atoms. The molecule has 2 aromatic carbocycles. The predicted octanol–water partition coefficient (Wildman–Crippen LogP) is 4.55. The highest BCUT2D eigenvalue weighted by atomic mass is 32.2. The monoisotopic (exact) mass is 311 g/mol. The van der Waals surface area contributed by atoms with E-state index in [0.717, 1.165) is 22.9 Å². The van der Waals surface area contributed by atoms with Crippen molar-refractivity contribution in [2.24, 2.45) is 4.99 Å². The number of nitrogens with zero attached hydrogens (tertiary/aromatic N) is 2. The van der Waals surface area contributed by atoms with Crippen molar-refractivity contribution in [3.05, 3.63) is 59.6 Å². The molecule has 1 aliphatic heterocycles. The summed E-state index contributed by atoms with van der Waals surface area (Å²) in [5.41, 5.74) is 5.34. The molecule has 3 aromatic rings. The fourth-order valence-electron chi connectivity index (χ4n) is 2.34. The summed E-state index contributed by atoms with van der Waals surface area (Å²) in [4.78, 5) is 8.91. The molecule has 1 aromatic heterocycles. The van der Waals surface area contributed by atoms with Crippen molar-refractivity contribution in [2.75, 3.05) is 11.9 Å². The zero-order valence-corrected chi connectivity index (χ0v) is 12.8. The second kappa shape index (κ2) is 5.50. The SMILES string of the molecule is c1ccc(C2CN=C(Nc3ccc4ncsc4c3)S2)cc1. The maximum absolute atomic E-state index is 4.61. The first-order valence-corrected chi connectivity index (χ1v) is 8.51. The lowest BCUT2D eigenvalue weighted by Crippen LogP contribution is -2.05. The van der Waals surface area contributed by atoms with Crippen molar-refractivity contribution in [1.29, 1.82) is 0 Å². The molecule has 0 aliphatic carbocycles. The van der Waals surface area contributed by atoms with Gasteiger partial charge in [0, 0.05) is 5.69 Å². The summed E-state index contributed by atoms with van der Waals surface area (Å²) >= 11 is 3.45. The molecule has 3 nitrogen and oxygen atoms in total. The minimum absolute atomic E-state index is 0.417. The van der Waals surface area contributed by atoms with Crippen LogP contribution in [0.5, 0.6) is 0 Å². The van der Waals surface area contributed by atoms with Gasteiger partial charge in [-0.05, 0) is 23.8 Å². The van der Waals surface area contributed by atoms with E-state index in [1.54, 1.807) is 23.1 Å². The fraction of sp³-hybridized carbons (Fsp3) is 0.125. The summed E-state index contributed by atoms with van der Waals surface area (Å²) in [6.07, 6.45) is 0. The van der Waals surface area contributed by atoms with Crippen LogP contribution in [0.3, 0.4) is 0 Å². The van der Waals surface area contributed by atoms with Crippen molar-refractivity contribution in [2.45, 2.75) is 5.25 Å². The summed E-state index contributed by atoms with van der Waals surface area (Å²) in [7, 11) is 0. The number of thiazole rings is 1. The average Bonchev–Trinajstić information content (AvgIpc) is 3.17. The van der Waals surface area contributed by atoms with Crippen molar-refractivity contribution in [3.63, 3.8) is 0 Å². The number of benzene rings is 2. The average molecular weight is 311 g/mol. The molecule has 1 unspecified atom stereocenters. The van der Waals surface area contributed by atoms with E-state index < -0.39 is 0 Å². The largest absolute Gasteiger partial charge is 0.335 e. The summed E-state index contributed by atoms with van der Waals surface area (Å²) in [5, 5.41) is 4.83. The van der Waals surface area contributed by atoms with Gasteiger partial charge < -0.3 is 5.32 Å². The van der Waals surface area contributed by atoms with Gasteiger partial charge in [0.15, 0.2) is 5.17 Å². The Hall–Kier alpha value is -1.85. The van der Waals surface area contributed by atoms with Crippen molar-refractivity contribution in [1.82, 2.24) is 4.98 Å². The van der Waals surface area contributed by atoms with Crippen molar-refractivity contribution >= 4 is 44.2 Å². The molecular weight excluding hydrogens is 298 g/mol. The van der Waals surface area contributed by atoms with E-state index >= 15 is 0 Å². The molecule has 0 fully saturated rings. The predicted molar refractivity (Wildman–Crippen MR) is 92.3 cm³/mol. The first-order chi connectivity index (χ1) is 10.4. The highest BCUT2D eigenvalue weighted by Crippen LogP contribution is 2.35. The Balaban J connectivity index is 1.48. The van der Waals surface area contributed by atoms with Gasteiger partial charge in [-0.15, -0.1) is 11.3 Å². The van der Waals surface area contributed by atoms with Gasteiger partial charge in [0.25, 0.3) is 0 Å². The number of hydrogen-bond donors (Lipinski definition) is 1. The van der Waals surface area contributed by atoms with E-state index in [-0.39, 0.29) is 0 Å². The Kier molecular flexibility index (Phi) is 3.37. The topological polar surface area (TPSA) is 37.3 Å². The zero-order valence-electron chi connectivity index (χ0n) is 11.2. The Labute approximate surface area is 131 Å². The van der Waals surface area contributed by atoms with E-state index in [0.29, 0.717) is 5.25 Å². The summed E-state index contributed by atoms with van der Waals surface area (Å²) in [6.45, 7) is 0.833.